The molecule has 2 aromatic rings. The molecule has 0 bridgehead atoms. The topological polar surface area (TPSA) is 72.4 Å². The van der Waals surface area contributed by atoms with Crippen LogP contribution in [-0.2, 0) is 27.2 Å². The van der Waals surface area contributed by atoms with Crippen molar-refractivity contribution in [3.8, 4) is 0 Å². The number of aryl methyl sites for hydroxylation is 2. The second kappa shape index (κ2) is 8.73. The van der Waals surface area contributed by atoms with Crippen LogP contribution in [0.15, 0.2) is 29.4 Å². The predicted molar refractivity (Wildman–Crippen MR) is 110 cm³/mol. The van der Waals surface area contributed by atoms with Gasteiger partial charge < -0.3 is 9.64 Å². The maximum atomic E-state index is 12.6. The summed E-state index contributed by atoms with van der Waals surface area (Å²) in [6.45, 7) is 5.61. The van der Waals surface area contributed by atoms with Crippen molar-refractivity contribution in [1.82, 2.24) is 9.97 Å². The minimum atomic E-state index is -0.388. The van der Waals surface area contributed by atoms with Crippen LogP contribution >= 0.6 is 11.8 Å². The maximum Gasteiger partial charge on any atom is 0.306 e. The summed E-state index contributed by atoms with van der Waals surface area (Å²) in [6.07, 6.45) is 3.45. The molecule has 0 N–H and O–H groups in total. The van der Waals surface area contributed by atoms with Crippen molar-refractivity contribution >= 4 is 29.3 Å². The van der Waals surface area contributed by atoms with Crippen molar-refractivity contribution in [1.29, 1.82) is 0 Å². The van der Waals surface area contributed by atoms with Crippen LogP contribution in [0.4, 0.5) is 5.69 Å². The maximum absolute atomic E-state index is 12.6. The summed E-state index contributed by atoms with van der Waals surface area (Å²) in [4.78, 5) is 35.4. The van der Waals surface area contributed by atoms with Crippen LogP contribution < -0.4 is 4.90 Å². The monoisotopic (exact) mass is 399 g/mol. The van der Waals surface area contributed by atoms with E-state index in [2.05, 4.69) is 9.97 Å². The smallest absolute Gasteiger partial charge is 0.306 e. The molecule has 7 heteroatoms. The molecule has 1 amide bonds. The van der Waals surface area contributed by atoms with Crippen molar-refractivity contribution in [3.63, 3.8) is 0 Å². The van der Waals surface area contributed by atoms with Crippen LogP contribution in [-0.4, -0.2) is 40.7 Å². The second-order valence-electron chi connectivity index (χ2n) is 6.97. The summed E-state index contributed by atoms with van der Waals surface area (Å²) < 4.78 is 5.25. The third-order valence-corrected chi connectivity index (χ3v) is 5.54. The van der Waals surface area contributed by atoms with Crippen molar-refractivity contribution < 1.29 is 14.3 Å². The lowest BCUT2D eigenvalue weighted by Crippen LogP contribution is -2.38. The first-order valence-electron chi connectivity index (χ1n) is 9.34. The molecule has 3 rings (SSSR count). The highest BCUT2D eigenvalue weighted by molar-refractivity contribution is 7.98. The van der Waals surface area contributed by atoms with Gasteiger partial charge in [-0.15, -0.1) is 0 Å². The van der Waals surface area contributed by atoms with E-state index in [1.165, 1.54) is 11.8 Å². The Morgan fingerprint density at radius 1 is 1.21 bits per heavy atom. The van der Waals surface area contributed by atoms with E-state index in [1.54, 1.807) is 4.90 Å². The minimum Gasteiger partial charge on any atom is -0.456 e. The van der Waals surface area contributed by atoms with Crippen LogP contribution in [0.25, 0.3) is 0 Å². The zero-order valence-electron chi connectivity index (χ0n) is 16.7. The second-order valence-corrected chi connectivity index (χ2v) is 7.74. The summed E-state index contributed by atoms with van der Waals surface area (Å²) >= 11 is 1.49. The third-order valence-electron chi connectivity index (χ3n) is 4.99. The van der Waals surface area contributed by atoms with E-state index in [-0.39, 0.29) is 30.9 Å². The number of ether oxygens (including phenoxy) is 1. The summed E-state index contributed by atoms with van der Waals surface area (Å²) in [6, 6.07) is 7.92. The van der Waals surface area contributed by atoms with Gasteiger partial charge in [0.1, 0.15) is 0 Å². The fourth-order valence-electron chi connectivity index (χ4n) is 3.62. The largest absolute Gasteiger partial charge is 0.456 e. The third kappa shape index (κ3) is 4.35. The fourth-order valence-corrected chi connectivity index (χ4v) is 4.07. The number of hydrogen-bond acceptors (Lipinski definition) is 6. The number of hydrogen-bond donors (Lipinski definition) is 0. The fraction of sp³-hybridized carbons (Fsp3) is 0.429. The molecule has 0 unspecified atom stereocenters. The lowest BCUT2D eigenvalue weighted by Gasteiger charge is -2.22. The van der Waals surface area contributed by atoms with E-state index in [0.29, 0.717) is 6.42 Å². The first kappa shape index (κ1) is 20.3. The molecule has 0 saturated carbocycles. The molecule has 2 heterocycles. The van der Waals surface area contributed by atoms with Crippen LogP contribution in [0.2, 0.25) is 0 Å². The molecule has 0 radical (unpaired) electrons. The van der Waals surface area contributed by atoms with Crippen molar-refractivity contribution in [2.45, 2.75) is 51.2 Å². The SMILES string of the molecule is CSc1nc(C)c(CCC(=O)OCC(=O)N2c3ccccc3C[C@H]2C)c(C)n1. The van der Waals surface area contributed by atoms with Crippen molar-refractivity contribution in [3.05, 3.63) is 46.8 Å². The molecule has 148 valence electrons. The Kier molecular flexibility index (Phi) is 6.34. The Labute approximate surface area is 169 Å². The number of para-hydroxylation sites is 1. The number of aromatic nitrogens is 2. The van der Waals surface area contributed by atoms with Gasteiger partial charge in [0.15, 0.2) is 11.8 Å². The Hall–Kier alpha value is -2.41. The highest BCUT2D eigenvalue weighted by Crippen LogP contribution is 2.31. The number of benzene rings is 1. The predicted octanol–water partition coefficient (Wildman–Crippen LogP) is 3.27. The molecule has 6 nitrogen and oxygen atoms in total. The average Bonchev–Trinajstić information content (AvgIpc) is 3.01. The first-order valence-corrected chi connectivity index (χ1v) is 10.6. The quantitative estimate of drug-likeness (QED) is 0.422. The van der Waals surface area contributed by atoms with Crippen LogP contribution in [0.3, 0.4) is 0 Å². The number of carbonyl (C=O) groups is 2. The zero-order valence-corrected chi connectivity index (χ0v) is 17.5. The Morgan fingerprint density at radius 3 is 2.57 bits per heavy atom. The minimum absolute atomic E-state index is 0.0704. The van der Waals surface area contributed by atoms with E-state index in [1.807, 2.05) is 51.3 Å². The van der Waals surface area contributed by atoms with Gasteiger partial charge in [-0.2, -0.15) is 0 Å². The molecule has 0 aliphatic carbocycles. The number of carbonyl (C=O) groups excluding carboxylic acids is 2. The Bertz CT molecular complexity index is 877. The summed E-state index contributed by atoms with van der Waals surface area (Å²) in [5.74, 6) is -0.577. The number of rotatable bonds is 6. The molecule has 1 aliphatic rings. The van der Waals surface area contributed by atoms with Gasteiger partial charge in [-0.25, -0.2) is 9.97 Å². The van der Waals surface area contributed by atoms with Gasteiger partial charge in [0.25, 0.3) is 5.91 Å². The average molecular weight is 400 g/mol. The number of nitrogens with zero attached hydrogens (tertiary/aromatic N) is 3. The molecule has 0 spiro atoms. The van der Waals surface area contributed by atoms with E-state index >= 15 is 0 Å². The van der Waals surface area contributed by atoms with Gasteiger partial charge >= 0.3 is 5.97 Å². The molecular formula is C21H25N3O3S. The molecule has 1 aromatic carbocycles. The summed E-state index contributed by atoms with van der Waals surface area (Å²) in [7, 11) is 0. The number of anilines is 1. The lowest BCUT2D eigenvalue weighted by atomic mass is 10.1. The van der Waals surface area contributed by atoms with Crippen molar-refractivity contribution in [2.24, 2.45) is 0 Å². The standard InChI is InChI=1S/C21H25N3O3S/c1-13-11-16-7-5-6-8-18(16)24(13)19(25)12-27-20(26)10-9-17-14(2)22-21(28-4)23-15(17)3/h5-8,13H,9-12H2,1-4H3/t13-/m1/s1. The van der Waals surface area contributed by atoms with Gasteiger partial charge in [-0.3, -0.25) is 9.59 Å². The van der Waals surface area contributed by atoms with E-state index < -0.39 is 0 Å². The van der Waals surface area contributed by atoms with Gasteiger partial charge in [-0.05, 0) is 57.1 Å². The van der Waals surface area contributed by atoms with Gasteiger partial charge in [0, 0.05) is 29.5 Å². The first-order chi connectivity index (χ1) is 13.4. The number of thioether (sulfide) groups is 1. The molecule has 1 atom stereocenters. The van der Waals surface area contributed by atoms with Gasteiger partial charge in [0.05, 0.1) is 0 Å². The number of fused-ring (bicyclic) bond motifs is 1. The van der Waals surface area contributed by atoms with E-state index in [9.17, 15) is 9.59 Å². The van der Waals surface area contributed by atoms with E-state index in [4.69, 9.17) is 4.74 Å². The zero-order chi connectivity index (χ0) is 20.3. The Balaban J connectivity index is 1.55. The molecule has 1 aromatic heterocycles. The molecule has 0 fully saturated rings. The van der Waals surface area contributed by atoms with Crippen molar-refractivity contribution in [2.75, 3.05) is 17.8 Å². The van der Waals surface area contributed by atoms with Crippen LogP contribution in [0, 0.1) is 13.8 Å². The molecule has 0 saturated heterocycles. The molecule has 28 heavy (non-hydrogen) atoms. The highest BCUT2D eigenvalue weighted by Gasteiger charge is 2.30. The summed E-state index contributed by atoms with van der Waals surface area (Å²) in [5, 5.41) is 0.729. The van der Waals surface area contributed by atoms with Crippen LogP contribution in [0.1, 0.15) is 35.9 Å². The number of amides is 1. The molecule has 1 aliphatic heterocycles. The van der Waals surface area contributed by atoms with Gasteiger partial charge in [-0.1, -0.05) is 30.0 Å². The molecular weight excluding hydrogens is 374 g/mol. The van der Waals surface area contributed by atoms with Crippen LogP contribution in [0.5, 0.6) is 0 Å². The lowest BCUT2D eigenvalue weighted by molar-refractivity contribution is -0.147. The highest BCUT2D eigenvalue weighted by atomic mass is 32.2. The van der Waals surface area contributed by atoms with Gasteiger partial charge in [0.2, 0.25) is 0 Å². The summed E-state index contributed by atoms with van der Waals surface area (Å²) in [5.41, 5.74) is 4.78. The number of esters is 1. The van der Waals surface area contributed by atoms with E-state index in [0.717, 1.165) is 39.8 Å². The normalized spacial score (nSPS) is 15.4. The Morgan fingerprint density at radius 2 is 1.89 bits per heavy atom.